The summed E-state index contributed by atoms with van der Waals surface area (Å²) in [4.78, 5) is 0. The normalized spacial score (nSPS) is 14.2. The Morgan fingerprint density at radius 2 is 1.77 bits per heavy atom. The fraction of sp³-hybridized carbons (Fsp3) is 0.250. The van der Waals surface area contributed by atoms with Crippen molar-refractivity contribution in [2.75, 3.05) is 5.73 Å². The van der Waals surface area contributed by atoms with Crippen LogP contribution in [-0.4, -0.2) is 11.3 Å². The minimum Gasteiger partial charge on any atom is -0.398 e. The van der Waals surface area contributed by atoms with Crippen LogP contribution in [0.2, 0.25) is 0 Å². The summed E-state index contributed by atoms with van der Waals surface area (Å²) in [6, 6.07) is 5.35. The largest absolute Gasteiger partial charge is 0.418 e. The molecule has 72 valence electrons. The zero-order valence-electron chi connectivity index (χ0n) is 6.55. The highest BCUT2D eigenvalue weighted by Crippen LogP contribution is 2.34. The first-order valence-corrected chi connectivity index (χ1v) is 3.52. The molecule has 0 heterocycles. The van der Waals surface area contributed by atoms with Gasteiger partial charge in [0.25, 0.3) is 0 Å². The van der Waals surface area contributed by atoms with Crippen molar-refractivity contribution in [2.24, 2.45) is 0 Å². The highest BCUT2D eigenvalue weighted by atomic mass is 19.4. The van der Waals surface area contributed by atoms with Crippen LogP contribution in [0.15, 0.2) is 24.3 Å². The fourth-order valence-corrected chi connectivity index (χ4v) is 0.936. The third kappa shape index (κ3) is 2.12. The molecule has 13 heavy (non-hydrogen) atoms. The number of halogens is 3. The number of para-hydroxylation sites is 1. The first kappa shape index (κ1) is 9.85. The second-order valence-corrected chi connectivity index (χ2v) is 2.57. The van der Waals surface area contributed by atoms with Gasteiger partial charge in [-0.25, -0.2) is 0 Å². The number of rotatable bonds is 1. The van der Waals surface area contributed by atoms with Crippen molar-refractivity contribution < 1.29 is 18.3 Å². The predicted octanol–water partition coefficient (Wildman–Crippen LogP) is 1.86. The van der Waals surface area contributed by atoms with E-state index in [-0.39, 0.29) is 11.3 Å². The topological polar surface area (TPSA) is 46.2 Å². The third-order valence-electron chi connectivity index (χ3n) is 1.60. The van der Waals surface area contributed by atoms with Crippen LogP contribution in [0.25, 0.3) is 0 Å². The van der Waals surface area contributed by atoms with Crippen molar-refractivity contribution in [3.05, 3.63) is 29.8 Å². The number of alkyl halides is 3. The van der Waals surface area contributed by atoms with E-state index >= 15 is 0 Å². The van der Waals surface area contributed by atoms with E-state index in [2.05, 4.69) is 0 Å². The Bertz CT molecular complexity index is 298. The fourth-order valence-electron chi connectivity index (χ4n) is 0.936. The van der Waals surface area contributed by atoms with Gasteiger partial charge in [-0.3, -0.25) is 0 Å². The second-order valence-electron chi connectivity index (χ2n) is 2.57. The molecule has 0 aliphatic carbocycles. The van der Waals surface area contributed by atoms with Gasteiger partial charge in [-0.05, 0) is 6.07 Å². The zero-order valence-corrected chi connectivity index (χ0v) is 6.55. The van der Waals surface area contributed by atoms with Gasteiger partial charge in [-0.1, -0.05) is 18.2 Å². The lowest BCUT2D eigenvalue weighted by molar-refractivity contribution is -0.206. The first-order chi connectivity index (χ1) is 5.93. The van der Waals surface area contributed by atoms with Crippen LogP contribution < -0.4 is 5.73 Å². The molecule has 5 heteroatoms. The van der Waals surface area contributed by atoms with Gasteiger partial charge in [0.05, 0.1) is 0 Å². The van der Waals surface area contributed by atoms with Gasteiger partial charge in [-0.15, -0.1) is 0 Å². The second kappa shape index (κ2) is 3.26. The molecule has 0 saturated heterocycles. The van der Waals surface area contributed by atoms with Gasteiger partial charge >= 0.3 is 6.18 Å². The van der Waals surface area contributed by atoms with Crippen molar-refractivity contribution in [2.45, 2.75) is 12.3 Å². The molecule has 0 spiro atoms. The number of nitrogens with two attached hydrogens (primary N) is 1. The van der Waals surface area contributed by atoms with Crippen molar-refractivity contribution in [3.8, 4) is 0 Å². The molecule has 1 aromatic rings. The molecular formula is C8H8F3NO. The molecule has 3 N–H and O–H groups in total. The molecule has 0 amide bonds. The smallest absolute Gasteiger partial charge is 0.398 e. The number of hydrogen-bond donors (Lipinski definition) is 2. The Hall–Kier alpha value is -1.23. The van der Waals surface area contributed by atoms with Crippen molar-refractivity contribution in [1.82, 2.24) is 0 Å². The first-order valence-electron chi connectivity index (χ1n) is 3.52. The minimum absolute atomic E-state index is 0.0627. The van der Waals surface area contributed by atoms with E-state index in [1.54, 1.807) is 0 Å². The Morgan fingerprint density at radius 3 is 2.23 bits per heavy atom. The Morgan fingerprint density at radius 1 is 1.23 bits per heavy atom. The molecule has 0 aliphatic rings. The van der Waals surface area contributed by atoms with Crippen LogP contribution in [-0.2, 0) is 0 Å². The molecule has 0 aromatic heterocycles. The standard InChI is InChI=1S/C8H8F3NO/c9-8(10,11)7(13)5-3-1-2-4-6(5)12/h1-4,7,13H,12H2/t7-/m1/s1. The molecule has 0 unspecified atom stereocenters. The van der Waals surface area contributed by atoms with Crippen LogP contribution >= 0.6 is 0 Å². The molecule has 1 atom stereocenters. The van der Waals surface area contributed by atoms with E-state index in [1.165, 1.54) is 18.2 Å². The number of benzene rings is 1. The summed E-state index contributed by atoms with van der Waals surface area (Å²) >= 11 is 0. The van der Waals surface area contributed by atoms with Gasteiger partial charge in [0.1, 0.15) is 0 Å². The summed E-state index contributed by atoms with van der Waals surface area (Å²) in [5, 5.41) is 8.83. The van der Waals surface area contributed by atoms with Crippen molar-refractivity contribution >= 4 is 5.69 Å². The third-order valence-corrected chi connectivity index (χ3v) is 1.60. The predicted molar refractivity (Wildman–Crippen MR) is 41.9 cm³/mol. The SMILES string of the molecule is Nc1ccccc1[C@@H](O)C(F)(F)F. The van der Waals surface area contributed by atoms with Gasteiger partial charge in [0.2, 0.25) is 0 Å². The van der Waals surface area contributed by atoms with E-state index in [0.717, 1.165) is 6.07 Å². The van der Waals surface area contributed by atoms with Gasteiger partial charge < -0.3 is 10.8 Å². The highest BCUT2D eigenvalue weighted by Gasteiger charge is 2.40. The van der Waals surface area contributed by atoms with Gasteiger partial charge in [-0.2, -0.15) is 13.2 Å². The lowest BCUT2D eigenvalue weighted by Crippen LogP contribution is -2.21. The molecule has 1 aromatic carbocycles. The zero-order chi connectivity index (χ0) is 10.1. The average Bonchev–Trinajstić information content (AvgIpc) is 2.02. The number of hydrogen-bond acceptors (Lipinski definition) is 2. The molecule has 0 radical (unpaired) electrons. The Balaban J connectivity index is 3.02. The quantitative estimate of drug-likeness (QED) is 0.665. The summed E-state index contributed by atoms with van der Waals surface area (Å²) in [7, 11) is 0. The summed E-state index contributed by atoms with van der Waals surface area (Å²) < 4.78 is 36.0. The molecule has 1 rings (SSSR count). The summed E-state index contributed by atoms with van der Waals surface area (Å²) in [6.07, 6.45) is -7.18. The maximum atomic E-state index is 12.0. The number of anilines is 1. The molecule has 0 fully saturated rings. The van der Waals surface area contributed by atoms with Crippen LogP contribution in [0.4, 0.5) is 18.9 Å². The van der Waals surface area contributed by atoms with Crippen molar-refractivity contribution in [1.29, 1.82) is 0 Å². The molecule has 0 saturated carbocycles. The molecular weight excluding hydrogens is 183 g/mol. The average molecular weight is 191 g/mol. The van der Waals surface area contributed by atoms with E-state index in [1.807, 2.05) is 0 Å². The van der Waals surface area contributed by atoms with Gasteiger partial charge in [0.15, 0.2) is 6.10 Å². The summed E-state index contributed by atoms with van der Waals surface area (Å²) in [5.41, 5.74) is 4.89. The number of aliphatic hydroxyl groups excluding tert-OH is 1. The van der Waals surface area contributed by atoms with Crippen molar-refractivity contribution in [3.63, 3.8) is 0 Å². The Labute approximate surface area is 72.8 Å². The Kier molecular flexibility index (Phi) is 2.47. The maximum Gasteiger partial charge on any atom is 0.418 e. The van der Waals surface area contributed by atoms with Crippen LogP contribution in [0.1, 0.15) is 11.7 Å². The van der Waals surface area contributed by atoms with E-state index in [9.17, 15) is 13.2 Å². The highest BCUT2D eigenvalue weighted by molar-refractivity contribution is 5.47. The summed E-state index contributed by atoms with van der Waals surface area (Å²) in [6.45, 7) is 0. The molecule has 0 bridgehead atoms. The van der Waals surface area contributed by atoms with Gasteiger partial charge in [0, 0.05) is 11.3 Å². The lowest BCUT2D eigenvalue weighted by Gasteiger charge is -2.16. The van der Waals surface area contributed by atoms with E-state index < -0.39 is 12.3 Å². The number of aliphatic hydroxyl groups is 1. The molecule has 0 aliphatic heterocycles. The minimum atomic E-state index is -4.67. The summed E-state index contributed by atoms with van der Waals surface area (Å²) in [5.74, 6) is 0. The van der Waals surface area contributed by atoms with Crippen LogP contribution in [0.5, 0.6) is 0 Å². The maximum absolute atomic E-state index is 12.0. The number of nitrogen functional groups attached to an aromatic ring is 1. The van der Waals surface area contributed by atoms with E-state index in [0.29, 0.717) is 0 Å². The van der Waals surface area contributed by atoms with Crippen LogP contribution in [0, 0.1) is 0 Å². The lowest BCUT2D eigenvalue weighted by atomic mass is 10.1. The van der Waals surface area contributed by atoms with E-state index in [4.69, 9.17) is 10.8 Å². The monoisotopic (exact) mass is 191 g/mol. The van der Waals surface area contributed by atoms with Crippen LogP contribution in [0.3, 0.4) is 0 Å². The molecule has 2 nitrogen and oxygen atoms in total.